The molecule has 2 heterocycles. The van der Waals surface area contributed by atoms with E-state index in [0.717, 1.165) is 18.8 Å². The second-order valence-corrected chi connectivity index (χ2v) is 4.72. The van der Waals surface area contributed by atoms with E-state index in [9.17, 15) is 0 Å². The van der Waals surface area contributed by atoms with Gasteiger partial charge >= 0.3 is 0 Å². The van der Waals surface area contributed by atoms with E-state index in [2.05, 4.69) is 33.6 Å². The minimum absolute atomic E-state index is 0.683. The van der Waals surface area contributed by atoms with Gasteiger partial charge in [0, 0.05) is 25.2 Å². The van der Waals surface area contributed by atoms with E-state index < -0.39 is 0 Å². The standard InChI is InChI=1S/C11H16N4S/c1-15(5-4-12)8-9-7-13-14-11(9)10-3-2-6-16-10/h2-3,6-7H,4-5,8,12H2,1H3,(H,13,14). The van der Waals surface area contributed by atoms with E-state index in [4.69, 9.17) is 5.73 Å². The summed E-state index contributed by atoms with van der Waals surface area (Å²) in [5, 5.41) is 9.25. The van der Waals surface area contributed by atoms with Crippen molar-refractivity contribution in [1.82, 2.24) is 15.1 Å². The largest absolute Gasteiger partial charge is 0.329 e. The number of H-pyrrole nitrogens is 1. The van der Waals surface area contributed by atoms with Gasteiger partial charge in [-0.15, -0.1) is 11.3 Å². The summed E-state index contributed by atoms with van der Waals surface area (Å²) >= 11 is 1.72. The molecule has 16 heavy (non-hydrogen) atoms. The monoisotopic (exact) mass is 236 g/mol. The van der Waals surface area contributed by atoms with Gasteiger partial charge in [0.15, 0.2) is 0 Å². The minimum atomic E-state index is 0.683. The number of rotatable bonds is 5. The smallest absolute Gasteiger partial charge is 0.0794 e. The first-order chi connectivity index (χ1) is 7.81. The number of aromatic amines is 1. The van der Waals surface area contributed by atoms with Gasteiger partial charge in [-0.2, -0.15) is 5.10 Å². The van der Waals surface area contributed by atoms with Crippen molar-refractivity contribution < 1.29 is 0 Å². The highest BCUT2D eigenvalue weighted by Crippen LogP contribution is 2.26. The first kappa shape index (κ1) is 11.3. The molecule has 86 valence electrons. The molecule has 0 fully saturated rings. The third-order valence-electron chi connectivity index (χ3n) is 2.44. The van der Waals surface area contributed by atoms with Crippen LogP contribution in [0.2, 0.25) is 0 Å². The quantitative estimate of drug-likeness (QED) is 0.827. The van der Waals surface area contributed by atoms with Crippen LogP contribution in [0.3, 0.4) is 0 Å². The first-order valence-electron chi connectivity index (χ1n) is 5.26. The van der Waals surface area contributed by atoms with Crippen LogP contribution < -0.4 is 5.73 Å². The van der Waals surface area contributed by atoms with Gasteiger partial charge in [-0.1, -0.05) is 6.07 Å². The van der Waals surface area contributed by atoms with Crippen molar-refractivity contribution in [3.8, 4) is 10.6 Å². The molecule has 0 saturated heterocycles. The Hall–Kier alpha value is -1.17. The van der Waals surface area contributed by atoms with Crippen LogP contribution in [0, 0.1) is 0 Å². The Kier molecular flexibility index (Phi) is 3.71. The van der Waals surface area contributed by atoms with Crippen LogP contribution >= 0.6 is 11.3 Å². The molecule has 0 unspecified atom stereocenters. The highest BCUT2D eigenvalue weighted by atomic mass is 32.1. The molecule has 0 aliphatic carbocycles. The van der Waals surface area contributed by atoms with Crippen LogP contribution in [0.25, 0.3) is 10.6 Å². The molecule has 0 radical (unpaired) electrons. The van der Waals surface area contributed by atoms with Crippen LogP contribution in [0.15, 0.2) is 23.7 Å². The molecule has 0 aliphatic rings. The number of hydrogen-bond acceptors (Lipinski definition) is 4. The average molecular weight is 236 g/mol. The van der Waals surface area contributed by atoms with Gasteiger partial charge < -0.3 is 10.6 Å². The molecule has 0 atom stereocenters. The maximum absolute atomic E-state index is 5.53. The molecule has 2 rings (SSSR count). The van der Waals surface area contributed by atoms with Crippen molar-refractivity contribution in [2.24, 2.45) is 5.73 Å². The molecule has 0 amide bonds. The molecular weight excluding hydrogens is 220 g/mol. The van der Waals surface area contributed by atoms with Gasteiger partial charge in [0.2, 0.25) is 0 Å². The van der Waals surface area contributed by atoms with Crippen LogP contribution in [-0.2, 0) is 6.54 Å². The van der Waals surface area contributed by atoms with E-state index in [0.29, 0.717) is 6.54 Å². The Morgan fingerprint density at radius 1 is 1.56 bits per heavy atom. The van der Waals surface area contributed by atoms with Crippen molar-refractivity contribution in [2.75, 3.05) is 20.1 Å². The van der Waals surface area contributed by atoms with Crippen LogP contribution in [0.5, 0.6) is 0 Å². The van der Waals surface area contributed by atoms with Crippen LogP contribution in [0.4, 0.5) is 0 Å². The molecule has 4 nitrogen and oxygen atoms in total. The molecule has 0 aliphatic heterocycles. The lowest BCUT2D eigenvalue weighted by molar-refractivity contribution is 0.337. The normalized spacial score (nSPS) is 11.2. The van der Waals surface area contributed by atoms with E-state index in [1.807, 2.05) is 12.3 Å². The van der Waals surface area contributed by atoms with E-state index in [-0.39, 0.29) is 0 Å². The predicted molar refractivity (Wildman–Crippen MR) is 67.3 cm³/mol. The number of nitrogens with two attached hydrogens (primary N) is 1. The Balaban J connectivity index is 2.14. The topological polar surface area (TPSA) is 57.9 Å². The van der Waals surface area contributed by atoms with E-state index in [1.165, 1.54) is 10.4 Å². The summed E-state index contributed by atoms with van der Waals surface area (Å²) in [6, 6.07) is 4.15. The van der Waals surface area contributed by atoms with Gasteiger partial charge in [-0.05, 0) is 18.5 Å². The molecule has 0 spiro atoms. The first-order valence-corrected chi connectivity index (χ1v) is 6.14. The number of aromatic nitrogens is 2. The van der Waals surface area contributed by atoms with Gasteiger partial charge in [-0.25, -0.2) is 0 Å². The summed E-state index contributed by atoms with van der Waals surface area (Å²) in [7, 11) is 2.07. The minimum Gasteiger partial charge on any atom is -0.329 e. The molecule has 2 aromatic rings. The second kappa shape index (κ2) is 5.25. The molecule has 0 saturated carbocycles. The number of nitrogens with one attached hydrogen (secondary N) is 1. The Labute approximate surface area is 99.1 Å². The van der Waals surface area contributed by atoms with Gasteiger partial charge in [0.25, 0.3) is 0 Å². The molecule has 5 heteroatoms. The zero-order valence-corrected chi connectivity index (χ0v) is 10.1. The highest BCUT2D eigenvalue weighted by Gasteiger charge is 2.10. The number of hydrogen-bond donors (Lipinski definition) is 2. The van der Waals surface area contributed by atoms with Gasteiger partial charge in [0.05, 0.1) is 16.8 Å². The van der Waals surface area contributed by atoms with Crippen LogP contribution in [-0.4, -0.2) is 35.2 Å². The number of thiophene rings is 1. The molecule has 2 aromatic heterocycles. The maximum atomic E-state index is 5.53. The van der Waals surface area contributed by atoms with Crippen molar-refractivity contribution >= 4 is 11.3 Å². The Morgan fingerprint density at radius 2 is 2.44 bits per heavy atom. The molecular formula is C11H16N4S. The molecule has 3 N–H and O–H groups in total. The molecule has 0 bridgehead atoms. The SMILES string of the molecule is CN(CCN)Cc1cn[nH]c1-c1cccs1. The van der Waals surface area contributed by atoms with E-state index in [1.54, 1.807) is 11.3 Å². The fourth-order valence-corrected chi connectivity index (χ4v) is 2.41. The van der Waals surface area contributed by atoms with E-state index >= 15 is 0 Å². The lowest BCUT2D eigenvalue weighted by atomic mass is 10.2. The second-order valence-electron chi connectivity index (χ2n) is 3.77. The van der Waals surface area contributed by atoms with Crippen LogP contribution in [0.1, 0.15) is 5.56 Å². The fraction of sp³-hybridized carbons (Fsp3) is 0.364. The van der Waals surface area contributed by atoms with Crippen molar-refractivity contribution in [1.29, 1.82) is 0 Å². The average Bonchev–Trinajstić information content (AvgIpc) is 2.86. The zero-order chi connectivity index (χ0) is 11.4. The van der Waals surface area contributed by atoms with Crippen molar-refractivity contribution in [2.45, 2.75) is 6.54 Å². The predicted octanol–water partition coefficient (Wildman–Crippen LogP) is 1.53. The van der Waals surface area contributed by atoms with Crippen molar-refractivity contribution in [3.63, 3.8) is 0 Å². The summed E-state index contributed by atoms with van der Waals surface area (Å²) in [6.07, 6.45) is 1.89. The van der Waals surface area contributed by atoms with Gasteiger partial charge in [-0.3, -0.25) is 5.10 Å². The summed E-state index contributed by atoms with van der Waals surface area (Å²) in [6.45, 7) is 2.46. The highest BCUT2D eigenvalue weighted by molar-refractivity contribution is 7.13. The third kappa shape index (κ3) is 2.49. The lowest BCUT2D eigenvalue weighted by Gasteiger charge is -2.14. The van der Waals surface area contributed by atoms with Crippen molar-refractivity contribution in [3.05, 3.63) is 29.3 Å². The summed E-state index contributed by atoms with van der Waals surface area (Å²) in [5.41, 5.74) is 7.87. The summed E-state index contributed by atoms with van der Waals surface area (Å²) in [5.74, 6) is 0. The Morgan fingerprint density at radius 3 is 3.12 bits per heavy atom. The Bertz CT molecular complexity index is 421. The fourth-order valence-electron chi connectivity index (χ4n) is 1.66. The van der Waals surface area contributed by atoms with Gasteiger partial charge in [0.1, 0.15) is 0 Å². The molecule has 0 aromatic carbocycles. The lowest BCUT2D eigenvalue weighted by Crippen LogP contribution is -2.24. The zero-order valence-electron chi connectivity index (χ0n) is 9.31. The summed E-state index contributed by atoms with van der Waals surface area (Å²) in [4.78, 5) is 3.43. The number of likely N-dealkylation sites (N-methyl/N-ethyl adjacent to an activating group) is 1. The third-order valence-corrected chi connectivity index (χ3v) is 3.32. The maximum Gasteiger partial charge on any atom is 0.0794 e. The summed E-state index contributed by atoms with van der Waals surface area (Å²) < 4.78 is 0. The number of nitrogens with zero attached hydrogens (tertiary/aromatic N) is 2.